The molecule has 2 N–H and O–H groups in total. The van der Waals surface area contributed by atoms with Crippen LogP contribution in [-0.4, -0.2) is 42.2 Å². The van der Waals surface area contributed by atoms with Crippen molar-refractivity contribution in [3.8, 4) is 0 Å². The molecular weight excluding hydrogens is 284 g/mol. The van der Waals surface area contributed by atoms with Gasteiger partial charge in [0.15, 0.2) is 5.54 Å². The lowest BCUT2D eigenvalue weighted by atomic mass is 9.90. The molecule has 0 aliphatic rings. The predicted octanol–water partition coefficient (Wildman–Crippen LogP) is 1.29. The first kappa shape index (κ1) is 18.1. The Morgan fingerprint density at radius 1 is 1.18 bits per heavy atom. The number of esters is 1. The number of hydrogen-bond donors (Lipinski definition) is 1. The molecule has 1 rings (SSSR count). The fraction of sp³-hybridized carbons (Fsp3) is 0.500. The summed E-state index contributed by atoms with van der Waals surface area (Å²) in [5.74, 6) is -1.44. The van der Waals surface area contributed by atoms with Crippen LogP contribution >= 0.6 is 0 Å². The molecule has 0 spiro atoms. The zero-order valence-electron chi connectivity index (χ0n) is 13.8. The molecule has 0 bridgehead atoms. The number of hydrogen-bond acceptors (Lipinski definition) is 5. The van der Waals surface area contributed by atoms with E-state index < -0.39 is 23.0 Å². The van der Waals surface area contributed by atoms with Crippen LogP contribution in [0.15, 0.2) is 30.3 Å². The number of nitrogens with zero attached hydrogens (tertiary/aromatic N) is 1. The molecule has 1 aromatic rings. The number of amides is 1. The van der Waals surface area contributed by atoms with Crippen LogP contribution in [0.5, 0.6) is 0 Å². The molecular formula is C16H24N2O4. The quantitative estimate of drug-likeness (QED) is 0.503. The number of rotatable bonds is 5. The average molecular weight is 308 g/mol. The third-order valence-electron chi connectivity index (χ3n) is 3.03. The maximum Gasteiger partial charge on any atom is 0.336 e. The first-order valence-corrected chi connectivity index (χ1v) is 6.98. The van der Waals surface area contributed by atoms with E-state index in [1.54, 1.807) is 32.9 Å². The molecule has 0 radical (unpaired) electrons. The van der Waals surface area contributed by atoms with Gasteiger partial charge in [-0.25, -0.2) is 9.86 Å². The number of carbonyl (C=O) groups is 2. The normalized spacial score (nSPS) is 14.1. The molecule has 1 amide bonds. The van der Waals surface area contributed by atoms with Gasteiger partial charge >= 0.3 is 5.97 Å². The molecule has 0 aromatic heterocycles. The van der Waals surface area contributed by atoms with Gasteiger partial charge in [-0.3, -0.25) is 9.63 Å². The van der Waals surface area contributed by atoms with Crippen LogP contribution in [0.1, 0.15) is 26.3 Å². The standard InChI is InChI=1S/C16H24N2O4/c1-15(2,3)22-14(20)16(17,13(19)18(4)21-5)11-12-9-7-6-8-10-12/h6-10H,11,17H2,1-5H3. The molecule has 0 saturated heterocycles. The third-order valence-corrected chi connectivity index (χ3v) is 3.03. The fourth-order valence-electron chi connectivity index (χ4n) is 1.89. The van der Waals surface area contributed by atoms with Gasteiger partial charge in [-0.05, 0) is 26.3 Å². The second-order valence-electron chi connectivity index (χ2n) is 6.12. The van der Waals surface area contributed by atoms with Gasteiger partial charge in [0.1, 0.15) is 5.60 Å². The van der Waals surface area contributed by atoms with Gasteiger partial charge < -0.3 is 10.5 Å². The van der Waals surface area contributed by atoms with Crippen molar-refractivity contribution in [2.24, 2.45) is 5.73 Å². The molecule has 6 nitrogen and oxygen atoms in total. The molecule has 1 unspecified atom stereocenters. The molecule has 0 saturated carbocycles. The molecule has 1 aromatic carbocycles. The molecule has 0 aliphatic carbocycles. The minimum Gasteiger partial charge on any atom is -0.458 e. The van der Waals surface area contributed by atoms with Crippen molar-refractivity contribution in [3.05, 3.63) is 35.9 Å². The second-order valence-corrected chi connectivity index (χ2v) is 6.12. The van der Waals surface area contributed by atoms with E-state index in [-0.39, 0.29) is 6.42 Å². The maximum atomic E-state index is 12.5. The van der Waals surface area contributed by atoms with E-state index in [4.69, 9.17) is 15.3 Å². The summed E-state index contributed by atoms with van der Waals surface area (Å²) in [6.07, 6.45) is 0.0231. The number of likely N-dealkylation sites (N-methyl/N-ethyl adjacent to an activating group) is 1. The van der Waals surface area contributed by atoms with Gasteiger partial charge in [-0.2, -0.15) is 0 Å². The average Bonchev–Trinajstić information content (AvgIpc) is 2.44. The van der Waals surface area contributed by atoms with Crippen molar-refractivity contribution in [1.29, 1.82) is 0 Å². The highest BCUT2D eigenvalue weighted by molar-refractivity contribution is 6.07. The van der Waals surface area contributed by atoms with Gasteiger partial charge in [0.2, 0.25) is 0 Å². The third kappa shape index (κ3) is 4.54. The summed E-state index contributed by atoms with van der Waals surface area (Å²) in [7, 11) is 2.73. The summed E-state index contributed by atoms with van der Waals surface area (Å²) < 4.78 is 5.32. The van der Waals surface area contributed by atoms with E-state index in [0.29, 0.717) is 0 Å². The van der Waals surface area contributed by atoms with Crippen molar-refractivity contribution < 1.29 is 19.2 Å². The van der Waals surface area contributed by atoms with Crippen LogP contribution in [0.3, 0.4) is 0 Å². The largest absolute Gasteiger partial charge is 0.458 e. The van der Waals surface area contributed by atoms with Crippen LogP contribution in [0.4, 0.5) is 0 Å². The van der Waals surface area contributed by atoms with Gasteiger partial charge in [-0.15, -0.1) is 0 Å². The SMILES string of the molecule is CON(C)C(=O)C(N)(Cc1ccccc1)C(=O)OC(C)(C)C. The van der Waals surface area contributed by atoms with E-state index in [0.717, 1.165) is 10.6 Å². The molecule has 122 valence electrons. The van der Waals surface area contributed by atoms with Gasteiger partial charge in [-0.1, -0.05) is 30.3 Å². The van der Waals surface area contributed by atoms with E-state index in [1.165, 1.54) is 14.2 Å². The van der Waals surface area contributed by atoms with Crippen molar-refractivity contribution in [1.82, 2.24) is 5.06 Å². The Balaban J connectivity index is 3.14. The summed E-state index contributed by atoms with van der Waals surface area (Å²) in [4.78, 5) is 29.9. The smallest absolute Gasteiger partial charge is 0.336 e. The van der Waals surface area contributed by atoms with E-state index >= 15 is 0 Å². The number of ether oxygens (including phenoxy) is 1. The second kappa shape index (κ2) is 6.89. The van der Waals surface area contributed by atoms with Gasteiger partial charge in [0, 0.05) is 13.5 Å². The van der Waals surface area contributed by atoms with Crippen LogP contribution in [0.2, 0.25) is 0 Å². The first-order chi connectivity index (χ1) is 10.1. The minimum atomic E-state index is -1.85. The number of hydroxylamine groups is 2. The lowest BCUT2D eigenvalue weighted by molar-refractivity contribution is -0.184. The van der Waals surface area contributed by atoms with Crippen LogP contribution in [-0.2, 0) is 25.6 Å². The molecule has 1 atom stereocenters. The summed E-state index contributed by atoms with van der Waals surface area (Å²) >= 11 is 0. The highest BCUT2D eigenvalue weighted by atomic mass is 16.7. The van der Waals surface area contributed by atoms with Gasteiger partial charge in [0.25, 0.3) is 5.91 Å². The Labute approximate surface area is 131 Å². The number of nitrogens with two attached hydrogens (primary N) is 1. The monoisotopic (exact) mass is 308 g/mol. The minimum absolute atomic E-state index is 0.0231. The highest BCUT2D eigenvalue weighted by Crippen LogP contribution is 2.19. The highest BCUT2D eigenvalue weighted by Gasteiger charge is 2.47. The Morgan fingerprint density at radius 2 is 1.73 bits per heavy atom. The lowest BCUT2D eigenvalue weighted by Gasteiger charge is -2.32. The number of benzene rings is 1. The first-order valence-electron chi connectivity index (χ1n) is 6.98. The van der Waals surface area contributed by atoms with E-state index in [1.807, 2.05) is 18.2 Å². The van der Waals surface area contributed by atoms with Crippen molar-refractivity contribution in [2.45, 2.75) is 38.3 Å². The summed E-state index contributed by atoms with van der Waals surface area (Å²) in [6, 6.07) is 9.07. The molecule has 6 heteroatoms. The van der Waals surface area contributed by atoms with Gasteiger partial charge in [0.05, 0.1) is 7.11 Å². The molecule has 0 fully saturated rings. The molecule has 0 heterocycles. The maximum absolute atomic E-state index is 12.5. The topological polar surface area (TPSA) is 81.9 Å². The fourth-order valence-corrected chi connectivity index (χ4v) is 1.89. The van der Waals surface area contributed by atoms with Crippen molar-refractivity contribution in [2.75, 3.05) is 14.2 Å². The lowest BCUT2D eigenvalue weighted by Crippen LogP contribution is -2.62. The summed E-state index contributed by atoms with van der Waals surface area (Å²) in [5.41, 5.74) is 4.32. The zero-order valence-corrected chi connectivity index (χ0v) is 13.8. The van der Waals surface area contributed by atoms with Crippen LogP contribution in [0.25, 0.3) is 0 Å². The summed E-state index contributed by atoms with van der Waals surface area (Å²) in [6.45, 7) is 5.16. The van der Waals surface area contributed by atoms with E-state index in [9.17, 15) is 9.59 Å². The number of carbonyl (C=O) groups excluding carboxylic acids is 2. The molecule has 22 heavy (non-hydrogen) atoms. The molecule has 0 aliphatic heterocycles. The Hall–Kier alpha value is -1.92. The van der Waals surface area contributed by atoms with E-state index in [2.05, 4.69) is 0 Å². The van der Waals surface area contributed by atoms with Crippen LogP contribution < -0.4 is 5.73 Å². The zero-order chi connectivity index (χ0) is 17.0. The Kier molecular flexibility index (Phi) is 5.68. The van der Waals surface area contributed by atoms with Crippen LogP contribution in [0, 0.1) is 0 Å². The Morgan fingerprint density at radius 3 is 2.18 bits per heavy atom. The predicted molar refractivity (Wildman–Crippen MR) is 82.7 cm³/mol. The van der Waals surface area contributed by atoms with Crippen molar-refractivity contribution in [3.63, 3.8) is 0 Å². The summed E-state index contributed by atoms with van der Waals surface area (Å²) in [5, 5.41) is 0.937. The van der Waals surface area contributed by atoms with Crippen molar-refractivity contribution >= 4 is 11.9 Å². The Bertz CT molecular complexity index is 525.